The zero-order valence-corrected chi connectivity index (χ0v) is 11.1. The van der Waals surface area contributed by atoms with E-state index in [0.717, 1.165) is 5.69 Å². The average Bonchev–Trinajstić information content (AvgIpc) is 2.92. The molecule has 0 saturated heterocycles. The number of hydrogen-bond donors (Lipinski definition) is 2. The Morgan fingerprint density at radius 1 is 1.10 bits per heavy atom. The van der Waals surface area contributed by atoms with Gasteiger partial charge in [-0.2, -0.15) is 0 Å². The molecule has 2 aromatic carbocycles. The number of nitrogens with one attached hydrogen (secondary N) is 2. The van der Waals surface area contributed by atoms with Gasteiger partial charge in [-0.1, -0.05) is 6.07 Å². The standard InChI is InChI=1S/C15H13FN2O3/c16-10-2-1-3-12(6-10)18-15(19)8-17-11-4-5-13-14(7-11)21-9-20-13/h1-7,17H,8-9H2,(H,18,19). The lowest BCUT2D eigenvalue weighted by atomic mass is 10.2. The van der Waals surface area contributed by atoms with Crippen molar-refractivity contribution >= 4 is 17.3 Å². The van der Waals surface area contributed by atoms with E-state index in [2.05, 4.69) is 10.6 Å². The van der Waals surface area contributed by atoms with E-state index < -0.39 is 5.82 Å². The van der Waals surface area contributed by atoms with Crippen LogP contribution in [0.3, 0.4) is 0 Å². The number of anilines is 2. The number of hydrogen-bond acceptors (Lipinski definition) is 4. The molecule has 2 aromatic rings. The van der Waals surface area contributed by atoms with Crippen LogP contribution in [0.25, 0.3) is 0 Å². The third-order valence-corrected chi connectivity index (χ3v) is 2.93. The third-order valence-electron chi connectivity index (χ3n) is 2.93. The van der Waals surface area contributed by atoms with Gasteiger partial charge in [0.25, 0.3) is 0 Å². The van der Waals surface area contributed by atoms with Crippen LogP contribution in [0.15, 0.2) is 42.5 Å². The minimum Gasteiger partial charge on any atom is -0.454 e. The zero-order valence-electron chi connectivity index (χ0n) is 11.1. The molecule has 0 saturated carbocycles. The number of halogens is 1. The van der Waals surface area contributed by atoms with Crippen molar-refractivity contribution in [1.29, 1.82) is 0 Å². The highest BCUT2D eigenvalue weighted by Gasteiger charge is 2.13. The van der Waals surface area contributed by atoms with Crippen molar-refractivity contribution in [3.8, 4) is 11.5 Å². The van der Waals surface area contributed by atoms with E-state index in [1.807, 2.05) is 0 Å². The Bertz CT molecular complexity index is 676. The van der Waals surface area contributed by atoms with E-state index >= 15 is 0 Å². The summed E-state index contributed by atoms with van der Waals surface area (Å²) in [5.41, 5.74) is 1.17. The smallest absolute Gasteiger partial charge is 0.243 e. The van der Waals surface area contributed by atoms with Crippen molar-refractivity contribution in [2.45, 2.75) is 0 Å². The van der Waals surface area contributed by atoms with Gasteiger partial charge in [0.2, 0.25) is 12.7 Å². The normalized spacial score (nSPS) is 12.0. The summed E-state index contributed by atoms with van der Waals surface area (Å²) in [5, 5.41) is 5.58. The average molecular weight is 288 g/mol. The Morgan fingerprint density at radius 2 is 1.95 bits per heavy atom. The first-order chi connectivity index (χ1) is 10.2. The molecule has 1 aliphatic heterocycles. The molecule has 0 unspecified atom stereocenters. The number of carbonyl (C=O) groups excluding carboxylic acids is 1. The van der Waals surface area contributed by atoms with E-state index in [-0.39, 0.29) is 19.2 Å². The number of ether oxygens (including phenoxy) is 2. The quantitative estimate of drug-likeness (QED) is 0.908. The molecule has 1 amide bonds. The van der Waals surface area contributed by atoms with Gasteiger partial charge in [-0.25, -0.2) is 4.39 Å². The highest BCUT2D eigenvalue weighted by atomic mass is 19.1. The van der Waals surface area contributed by atoms with E-state index in [1.54, 1.807) is 24.3 Å². The predicted molar refractivity (Wildman–Crippen MR) is 76.1 cm³/mol. The molecule has 0 aromatic heterocycles. The fraction of sp³-hybridized carbons (Fsp3) is 0.133. The molecule has 0 radical (unpaired) electrons. The van der Waals surface area contributed by atoms with Gasteiger partial charge in [-0.3, -0.25) is 4.79 Å². The second kappa shape index (κ2) is 5.70. The Kier molecular flexibility index (Phi) is 3.59. The van der Waals surface area contributed by atoms with Crippen LogP contribution in [-0.4, -0.2) is 19.2 Å². The van der Waals surface area contributed by atoms with E-state index in [4.69, 9.17) is 9.47 Å². The Balaban J connectivity index is 1.56. The molecular formula is C15H13FN2O3. The molecule has 0 spiro atoms. The lowest BCUT2D eigenvalue weighted by Gasteiger charge is -2.08. The summed E-state index contributed by atoms with van der Waals surface area (Å²) in [5.74, 6) is 0.671. The molecule has 108 valence electrons. The van der Waals surface area contributed by atoms with Crippen molar-refractivity contribution in [2.75, 3.05) is 24.0 Å². The highest BCUT2D eigenvalue weighted by molar-refractivity contribution is 5.93. The van der Waals surface area contributed by atoms with Gasteiger partial charge in [0.05, 0.1) is 6.54 Å². The monoisotopic (exact) mass is 288 g/mol. The van der Waals surface area contributed by atoms with Crippen LogP contribution in [0.1, 0.15) is 0 Å². The van der Waals surface area contributed by atoms with Crippen molar-refractivity contribution in [3.63, 3.8) is 0 Å². The summed E-state index contributed by atoms with van der Waals surface area (Å²) >= 11 is 0. The first-order valence-electron chi connectivity index (χ1n) is 6.40. The number of fused-ring (bicyclic) bond motifs is 1. The zero-order chi connectivity index (χ0) is 14.7. The van der Waals surface area contributed by atoms with Gasteiger partial charge < -0.3 is 20.1 Å². The maximum Gasteiger partial charge on any atom is 0.243 e. The molecular weight excluding hydrogens is 275 g/mol. The Morgan fingerprint density at radius 3 is 2.81 bits per heavy atom. The van der Waals surface area contributed by atoms with E-state index in [9.17, 15) is 9.18 Å². The molecule has 3 rings (SSSR count). The van der Waals surface area contributed by atoms with Crippen molar-refractivity contribution in [3.05, 3.63) is 48.3 Å². The molecule has 1 aliphatic rings. The molecule has 2 N–H and O–H groups in total. The molecule has 1 heterocycles. The lowest BCUT2D eigenvalue weighted by molar-refractivity contribution is -0.114. The fourth-order valence-electron chi connectivity index (χ4n) is 1.96. The Hall–Kier alpha value is -2.76. The van der Waals surface area contributed by atoms with Crippen LogP contribution in [0.4, 0.5) is 15.8 Å². The van der Waals surface area contributed by atoms with Gasteiger partial charge in [0.15, 0.2) is 11.5 Å². The van der Waals surface area contributed by atoms with Gasteiger partial charge in [0.1, 0.15) is 5.82 Å². The summed E-state index contributed by atoms with van der Waals surface area (Å²) in [4.78, 5) is 11.8. The largest absolute Gasteiger partial charge is 0.454 e. The van der Waals surface area contributed by atoms with Crippen molar-refractivity contribution < 1.29 is 18.7 Å². The first-order valence-corrected chi connectivity index (χ1v) is 6.40. The lowest BCUT2D eigenvalue weighted by Crippen LogP contribution is -2.21. The molecule has 21 heavy (non-hydrogen) atoms. The van der Waals surface area contributed by atoms with Crippen LogP contribution in [0.2, 0.25) is 0 Å². The van der Waals surface area contributed by atoms with E-state index in [1.165, 1.54) is 18.2 Å². The minimum absolute atomic E-state index is 0.0656. The molecule has 0 aliphatic carbocycles. The van der Waals surface area contributed by atoms with Crippen LogP contribution >= 0.6 is 0 Å². The van der Waals surface area contributed by atoms with Crippen molar-refractivity contribution in [1.82, 2.24) is 0 Å². The predicted octanol–water partition coefficient (Wildman–Crippen LogP) is 2.61. The number of carbonyl (C=O) groups is 1. The van der Waals surface area contributed by atoms with Crippen LogP contribution in [-0.2, 0) is 4.79 Å². The fourth-order valence-corrected chi connectivity index (χ4v) is 1.96. The van der Waals surface area contributed by atoms with Crippen LogP contribution in [0, 0.1) is 5.82 Å². The van der Waals surface area contributed by atoms with Crippen LogP contribution < -0.4 is 20.1 Å². The summed E-state index contributed by atoms with van der Waals surface area (Å²) in [6.07, 6.45) is 0. The topological polar surface area (TPSA) is 59.6 Å². The van der Waals surface area contributed by atoms with Crippen molar-refractivity contribution in [2.24, 2.45) is 0 Å². The van der Waals surface area contributed by atoms with Gasteiger partial charge in [0, 0.05) is 17.4 Å². The SMILES string of the molecule is O=C(CNc1ccc2c(c1)OCO2)Nc1cccc(F)c1. The molecule has 0 atom stereocenters. The molecule has 0 bridgehead atoms. The summed E-state index contributed by atoms with van der Waals surface area (Å²) in [6.45, 7) is 0.273. The Labute approximate surface area is 120 Å². The second-order valence-electron chi connectivity index (χ2n) is 4.48. The maximum atomic E-state index is 13.0. The maximum absolute atomic E-state index is 13.0. The van der Waals surface area contributed by atoms with Gasteiger partial charge in [-0.05, 0) is 30.3 Å². The first kappa shape index (κ1) is 13.2. The second-order valence-corrected chi connectivity index (χ2v) is 4.48. The van der Waals surface area contributed by atoms with E-state index in [0.29, 0.717) is 17.2 Å². The summed E-state index contributed by atoms with van der Waals surface area (Å²) in [6, 6.07) is 11.1. The number of benzene rings is 2. The van der Waals surface area contributed by atoms with Crippen LogP contribution in [0.5, 0.6) is 11.5 Å². The molecule has 6 heteroatoms. The molecule has 5 nitrogen and oxygen atoms in total. The molecule has 0 fully saturated rings. The summed E-state index contributed by atoms with van der Waals surface area (Å²) < 4.78 is 23.5. The minimum atomic E-state index is -0.392. The number of rotatable bonds is 4. The highest BCUT2D eigenvalue weighted by Crippen LogP contribution is 2.34. The van der Waals surface area contributed by atoms with Gasteiger partial charge in [-0.15, -0.1) is 0 Å². The van der Waals surface area contributed by atoms with Gasteiger partial charge >= 0.3 is 0 Å². The third kappa shape index (κ3) is 3.22. The summed E-state index contributed by atoms with van der Waals surface area (Å²) in [7, 11) is 0. The number of amides is 1.